The second kappa shape index (κ2) is 12.6. The van der Waals surface area contributed by atoms with Crippen LogP contribution >= 0.6 is 0 Å². The lowest BCUT2D eigenvalue weighted by atomic mass is 10.0. The summed E-state index contributed by atoms with van der Waals surface area (Å²) >= 11 is 0. The lowest BCUT2D eigenvalue weighted by Crippen LogP contribution is -1.95. The highest BCUT2D eigenvalue weighted by Gasteiger charge is 1.99. The van der Waals surface area contributed by atoms with Crippen LogP contribution in [0.15, 0.2) is 35.5 Å². The van der Waals surface area contributed by atoms with Crippen molar-refractivity contribution in [1.29, 1.82) is 0 Å². The van der Waals surface area contributed by atoms with Crippen LogP contribution in [0.5, 0.6) is 0 Å². The third-order valence-corrected chi connectivity index (χ3v) is 4.11. The first-order valence-electron chi connectivity index (χ1n) is 8.69. The van der Waals surface area contributed by atoms with Gasteiger partial charge in [0.25, 0.3) is 0 Å². The topological polar surface area (TPSA) is 29.4 Å². The van der Waals surface area contributed by atoms with Gasteiger partial charge in [0.05, 0.1) is 6.04 Å². The van der Waals surface area contributed by atoms with Crippen LogP contribution < -0.4 is 0 Å². The van der Waals surface area contributed by atoms with Crippen molar-refractivity contribution in [3.05, 3.63) is 40.8 Å². The van der Waals surface area contributed by atoms with E-state index in [2.05, 4.69) is 35.5 Å². The highest BCUT2D eigenvalue weighted by molar-refractivity contribution is 5.14. The number of benzene rings is 1. The molecule has 0 aliphatic heterocycles. The number of nitrogens with zero attached hydrogens (tertiary/aromatic N) is 1. The molecule has 2 heteroatoms. The fraction of sp³-hybridized carbons (Fsp3) is 0.684. The molecular weight excluding hydrogens is 258 g/mol. The third kappa shape index (κ3) is 10.2. The molecule has 0 bridgehead atoms. The van der Waals surface area contributed by atoms with E-state index in [1.54, 1.807) is 0 Å². The second-order valence-corrected chi connectivity index (χ2v) is 6.16. The minimum atomic E-state index is 0.00890. The quantitative estimate of drug-likeness (QED) is 0.310. The van der Waals surface area contributed by atoms with Gasteiger partial charge < -0.3 is 0 Å². The summed E-state index contributed by atoms with van der Waals surface area (Å²) in [6, 6.07) is 10.8. The van der Waals surface area contributed by atoms with Crippen molar-refractivity contribution in [2.24, 2.45) is 5.18 Å². The molecule has 1 aromatic carbocycles. The molecule has 0 aromatic heterocycles. The molecule has 0 aliphatic rings. The SMILES string of the molecule is CC(CCCCCCCCCCCc1ccccc1)N=O. The molecule has 0 amide bonds. The average Bonchev–Trinajstić information content (AvgIpc) is 2.53. The van der Waals surface area contributed by atoms with E-state index < -0.39 is 0 Å². The third-order valence-electron chi connectivity index (χ3n) is 4.11. The molecule has 0 N–H and O–H groups in total. The van der Waals surface area contributed by atoms with Gasteiger partial charge in [-0.2, -0.15) is 4.91 Å². The molecular formula is C19H31NO. The van der Waals surface area contributed by atoms with Gasteiger partial charge in [-0.3, -0.25) is 0 Å². The van der Waals surface area contributed by atoms with E-state index in [1.165, 1.54) is 63.4 Å². The molecule has 1 aromatic rings. The zero-order chi connectivity index (χ0) is 15.2. The Labute approximate surface area is 130 Å². The first-order chi connectivity index (χ1) is 10.3. The Balaban J connectivity index is 1.80. The number of aryl methyl sites for hydroxylation is 1. The molecule has 0 saturated carbocycles. The van der Waals surface area contributed by atoms with E-state index in [4.69, 9.17) is 0 Å². The molecule has 0 saturated heterocycles. The van der Waals surface area contributed by atoms with Crippen LogP contribution in [0.1, 0.15) is 76.7 Å². The van der Waals surface area contributed by atoms with Gasteiger partial charge in [-0.15, -0.1) is 0 Å². The Kier molecular flexibility index (Phi) is 10.7. The zero-order valence-corrected chi connectivity index (χ0v) is 13.6. The van der Waals surface area contributed by atoms with Crippen LogP contribution in [0, 0.1) is 4.91 Å². The molecule has 1 rings (SSSR count). The zero-order valence-electron chi connectivity index (χ0n) is 13.6. The summed E-state index contributed by atoms with van der Waals surface area (Å²) < 4.78 is 0. The lowest BCUT2D eigenvalue weighted by Gasteiger charge is -2.04. The second-order valence-electron chi connectivity index (χ2n) is 6.16. The van der Waals surface area contributed by atoms with E-state index in [-0.39, 0.29) is 6.04 Å². The fourth-order valence-corrected chi connectivity index (χ4v) is 2.70. The number of hydrogen-bond acceptors (Lipinski definition) is 2. The van der Waals surface area contributed by atoms with Gasteiger partial charge in [-0.25, -0.2) is 0 Å². The van der Waals surface area contributed by atoms with Crippen molar-refractivity contribution < 1.29 is 0 Å². The van der Waals surface area contributed by atoms with Crippen LogP contribution in [-0.2, 0) is 6.42 Å². The Morgan fingerprint density at radius 1 is 0.810 bits per heavy atom. The molecule has 1 unspecified atom stereocenters. The average molecular weight is 289 g/mol. The van der Waals surface area contributed by atoms with Crippen molar-refractivity contribution >= 4 is 0 Å². The van der Waals surface area contributed by atoms with Crippen molar-refractivity contribution in [2.45, 2.75) is 83.6 Å². The number of unbranched alkanes of at least 4 members (excludes halogenated alkanes) is 8. The predicted octanol–water partition coefficient (Wildman–Crippen LogP) is 6.29. The normalized spacial score (nSPS) is 12.2. The molecule has 0 spiro atoms. The number of rotatable bonds is 13. The standard InChI is InChI=1S/C19H31NO/c1-18(20-21)14-10-7-5-3-2-4-6-8-11-15-19-16-12-9-13-17-19/h9,12-13,16-18H,2-8,10-11,14-15H2,1H3. The monoisotopic (exact) mass is 289 g/mol. The van der Waals surface area contributed by atoms with Crippen molar-refractivity contribution in [2.75, 3.05) is 0 Å². The van der Waals surface area contributed by atoms with Gasteiger partial charge in [0.1, 0.15) is 0 Å². The van der Waals surface area contributed by atoms with Gasteiger partial charge in [0.15, 0.2) is 0 Å². The van der Waals surface area contributed by atoms with E-state index in [1.807, 2.05) is 6.92 Å². The smallest absolute Gasteiger partial charge is 0.0891 e. The van der Waals surface area contributed by atoms with Gasteiger partial charge >= 0.3 is 0 Å². The maximum atomic E-state index is 10.2. The van der Waals surface area contributed by atoms with Gasteiger partial charge in [0.2, 0.25) is 0 Å². The van der Waals surface area contributed by atoms with E-state index in [0.29, 0.717) is 0 Å². The highest BCUT2D eigenvalue weighted by Crippen LogP contribution is 2.13. The van der Waals surface area contributed by atoms with Crippen molar-refractivity contribution in [1.82, 2.24) is 0 Å². The molecule has 21 heavy (non-hydrogen) atoms. The Hall–Kier alpha value is -1.18. The van der Waals surface area contributed by atoms with Gasteiger partial charge in [-0.05, 0) is 31.7 Å². The van der Waals surface area contributed by atoms with Crippen LogP contribution in [0.3, 0.4) is 0 Å². The summed E-state index contributed by atoms with van der Waals surface area (Å²) in [5.74, 6) is 0. The van der Waals surface area contributed by atoms with Crippen LogP contribution in [0.2, 0.25) is 0 Å². The molecule has 118 valence electrons. The first kappa shape index (κ1) is 17.9. The lowest BCUT2D eigenvalue weighted by molar-refractivity contribution is 0.534. The maximum Gasteiger partial charge on any atom is 0.0891 e. The fourth-order valence-electron chi connectivity index (χ4n) is 2.70. The van der Waals surface area contributed by atoms with Crippen molar-refractivity contribution in [3.63, 3.8) is 0 Å². The summed E-state index contributed by atoms with van der Waals surface area (Å²) in [5.41, 5.74) is 1.47. The van der Waals surface area contributed by atoms with Crippen LogP contribution in [0.4, 0.5) is 0 Å². The molecule has 0 radical (unpaired) electrons. The van der Waals surface area contributed by atoms with Crippen LogP contribution in [-0.4, -0.2) is 6.04 Å². The summed E-state index contributed by atoms with van der Waals surface area (Å²) in [5, 5.41) is 3.04. The summed E-state index contributed by atoms with van der Waals surface area (Å²) in [6.45, 7) is 1.91. The van der Waals surface area contributed by atoms with E-state index in [9.17, 15) is 4.91 Å². The number of nitroso groups, excluding NO2 is 1. The Morgan fingerprint density at radius 3 is 1.90 bits per heavy atom. The Bertz CT molecular complexity index is 350. The minimum absolute atomic E-state index is 0.00890. The predicted molar refractivity (Wildman–Crippen MR) is 91.6 cm³/mol. The van der Waals surface area contributed by atoms with E-state index in [0.717, 1.165) is 12.8 Å². The largest absolute Gasteiger partial charge is 0.151 e. The first-order valence-corrected chi connectivity index (χ1v) is 8.69. The number of hydrogen-bond donors (Lipinski definition) is 0. The van der Waals surface area contributed by atoms with Gasteiger partial charge in [0, 0.05) is 0 Å². The molecule has 2 nitrogen and oxygen atoms in total. The minimum Gasteiger partial charge on any atom is -0.151 e. The van der Waals surface area contributed by atoms with E-state index >= 15 is 0 Å². The van der Waals surface area contributed by atoms with Crippen molar-refractivity contribution in [3.8, 4) is 0 Å². The summed E-state index contributed by atoms with van der Waals surface area (Å²) in [6.07, 6.45) is 14.1. The molecule has 0 aliphatic carbocycles. The molecule has 0 fully saturated rings. The van der Waals surface area contributed by atoms with Gasteiger partial charge in [-0.1, -0.05) is 86.9 Å². The Morgan fingerprint density at radius 2 is 1.33 bits per heavy atom. The van der Waals surface area contributed by atoms with Crippen LogP contribution in [0.25, 0.3) is 0 Å². The molecule has 1 atom stereocenters. The summed E-state index contributed by atoms with van der Waals surface area (Å²) in [7, 11) is 0. The molecule has 0 heterocycles. The summed E-state index contributed by atoms with van der Waals surface area (Å²) in [4.78, 5) is 10.2. The highest BCUT2D eigenvalue weighted by atomic mass is 16.3. The maximum absolute atomic E-state index is 10.2.